The number of aromatic carboxylic acids is 1. The van der Waals surface area contributed by atoms with Crippen molar-refractivity contribution in [2.24, 2.45) is 0 Å². The number of carboxylic acids is 1. The Morgan fingerprint density at radius 2 is 2.00 bits per heavy atom. The number of aromatic amines is 1. The Balaban J connectivity index is 1.95. The highest BCUT2D eigenvalue weighted by Gasteiger charge is 2.20. The lowest BCUT2D eigenvalue weighted by Gasteiger charge is -1.99. The van der Waals surface area contributed by atoms with E-state index in [2.05, 4.69) is 15.3 Å². The van der Waals surface area contributed by atoms with Crippen molar-refractivity contribution in [1.29, 1.82) is 0 Å². The molecule has 0 spiro atoms. The molecule has 0 aliphatic rings. The van der Waals surface area contributed by atoms with E-state index in [0.29, 0.717) is 10.4 Å². The predicted molar refractivity (Wildman–Crippen MR) is 91.7 cm³/mol. The maximum Gasteiger partial charge on any atom is 0.335 e. The quantitative estimate of drug-likeness (QED) is 0.545. The molecule has 2 heterocycles. The number of H-pyrrole nitrogens is 1. The molecule has 0 saturated heterocycles. The third-order valence-electron chi connectivity index (χ3n) is 3.22. The van der Waals surface area contributed by atoms with Crippen LogP contribution in [-0.2, 0) is 0 Å². The Morgan fingerprint density at radius 3 is 2.58 bits per heavy atom. The van der Waals surface area contributed by atoms with Crippen LogP contribution in [0.3, 0.4) is 0 Å². The summed E-state index contributed by atoms with van der Waals surface area (Å²) in [5.74, 6) is -2.00. The van der Waals surface area contributed by atoms with E-state index in [-0.39, 0.29) is 37.7 Å². The molecule has 0 atom stereocenters. The van der Waals surface area contributed by atoms with Crippen LogP contribution in [0.15, 0.2) is 12.1 Å². The van der Waals surface area contributed by atoms with Gasteiger partial charge in [0, 0.05) is 5.69 Å². The van der Waals surface area contributed by atoms with Gasteiger partial charge in [-0.05, 0) is 19.1 Å². The van der Waals surface area contributed by atoms with Gasteiger partial charge in [-0.1, -0.05) is 34.5 Å². The van der Waals surface area contributed by atoms with Crippen molar-refractivity contribution in [3.63, 3.8) is 0 Å². The number of amides is 1. The molecule has 124 valence electrons. The number of fused-ring (bicyclic) bond motifs is 1. The van der Waals surface area contributed by atoms with Crippen LogP contribution in [0.4, 0.5) is 5.13 Å². The second kappa shape index (κ2) is 5.97. The molecule has 0 aliphatic heterocycles. The number of phenols is 1. The van der Waals surface area contributed by atoms with Gasteiger partial charge < -0.3 is 15.2 Å². The number of hydrogen-bond donors (Lipinski definition) is 4. The summed E-state index contributed by atoms with van der Waals surface area (Å²) in [5, 5.41) is 22.0. The summed E-state index contributed by atoms with van der Waals surface area (Å²) in [4.78, 5) is 30.1. The first kappa shape index (κ1) is 16.6. The van der Waals surface area contributed by atoms with Crippen LogP contribution >= 0.6 is 34.5 Å². The molecule has 0 fully saturated rings. The van der Waals surface area contributed by atoms with Gasteiger partial charge in [0.15, 0.2) is 5.13 Å². The lowest BCUT2D eigenvalue weighted by Crippen LogP contribution is -2.12. The lowest BCUT2D eigenvalue weighted by molar-refractivity contribution is 0.0696. The van der Waals surface area contributed by atoms with Crippen LogP contribution in [0.5, 0.6) is 5.75 Å². The molecule has 10 heteroatoms. The van der Waals surface area contributed by atoms with E-state index in [1.54, 1.807) is 6.92 Å². The van der Waals surface area contributed by atoms with Crippen LogP contribution in [0.25, 0.3) is 10.2 Å². The first-order valence-electron chi connectivity index (χ1n) is 6.49. The van der Waals surface area contributed by atoms with Crippen molar-refractivity contribution in [2.45, 2.75) is 6.92 Å². The monoisotopic (exact) mass is 385 g/mol. The number of aromatic hydroxyl groups is 1. The molecule has 3 rings (SSSR count). The maximum atomic E-state index is 12.3. The molecule has 0 saturated carbocycles. The first-order valence-corrected chi connectivity index (χ1v) is 8.07. The van der Waals surface area contributed by atoms with Gasteiger partial charge in [-0.2, -0.15) is 0 Å². The van der Waals surface area contributed by atoms with Crippen LogP contribution < -0.4 is 5.32 Å². The molecule has 0 bridgehead atoms. The van der Waals surface area contributed by atoms with E-state index in [4.69, 9.17) is 28.3 Å². The molecular weight excluding hydrogens is 377 g/mol. The van der Waals surface area contributed by atoms with E-state index < -0.39 is 11.9 Å². The van der Waals surface area contributed by atoms with Gasteiger partial charge in [-0.3, -0.25) is 10.1 Å². The van der Waals surface area contributed by atoms with Gasteiger partial charge in [0.2, 0.25) is 0 Å². The number of carbonyl (C=O) groups excluding carboxylic acids is 1. The number of hydrogen-bond acceptors (Lipinski definition) is 5. The largest absolute Gasteiger partial charge is 0.506 e. The van der Waals surface area contributed by atoms with Gasteiger partial charge in [0.25, 0.3) is 5.91 Å². The SMILES string of the molecule is Cc1[nH]c(C(=O)Nc2nc3c(O)cc(C(=O)O)cc3s2)c(Cl)c1Cl. The highest BCUT2D eigenvalue weighted by atomic mass is 35.5. The molecule has 7 nitrogen and oxygen atoms in total. The number of phenolic OH excluding ortho intramolecular Hbond substituents is 1. The normalized spacial score (nSPS) is 11.0. The van der Waals surface area contributed by atoms with Crippen molar-refractivity contribution in [2.75, 3.05) is 5.32 Å². The van der Waals surface area contributed by atoms with Gasteiger partial charge in [0.1, 0.15) is 17.0 Å². The summed E-state index contributed by atoms with van der Waals surface area (Å²) in [7, 11) is 0. The minimum atomic E-state index is -1.17. The number of benzene rings is 1. The molecule has 1 amide bonds. The van der Waals surface area contributed by atoms with Gasteiger partial charge in [0.05, 0.1) is 20.3 Å². The molecule has 0 unspecified atom stereocenters. The first-order chi connectivity index (χ1) is 11.3. The molecule has 2 aromatic heterocycles. The van der Waals surface area contributed by atoms with Crippen LogP contribution in [0.2, 0.25) is 10.0 Å². The van der Waals surface area contributed by atoms with Crippen molar-refractivity contribution >= 4 is 61.8 Å². The topological polar surface area (TPSA) is 115 Å². The fraction of sp³-hybridized carbons (Fsp3) is 0.0714. The number of aryl methyl sites for hydroxylation is 1. The summed E-state index contributed by atoms with van der Waals surface area (Å²) < 4.78 is 0.425. The third-order valence-corrected chi connectivity index (χ3v) is 5.09. The molecular formula is C14H9Cl2N3O4S. The predicted octanol–water partition coefficient (Wildman–Crippen LogP) is 3.90. The average Bonchev–Trinajstić information content (AvgIpc) is 3.03. The summed E-state index contributed by atoms with van der Waals surface area (Å²) in [6, 6.07) is 2.47. The lowest BCUT2D eigenvalue weighted by atomic mass is 10.2. The number of thiazole rings is 1. The smallest absolute Gasteiger partial charge is 0.335 e. The van der Waals surface area contributed by atoms with Crippen LogP contribution in [0.1, 0.15) is 26.5 Å². The summed E-state index contributed by atoms with van der Waals surface area (Å²) in [6.45, 7) is 1.67. The second-order valence-corrected chi connectivity index (χ2v) is 6.66. The Hall–Kier alpha value is -2.29. The molecule has 4 N–H and O–H groups in total. The van der Waals surface area contributed by atoms with Gasteiger partial charge in [-0.25, -0.2) is 9.78 Å². The fourth-order valence-corrected chi connectivity index (χ4v) is 3.41. The minimum absolute atomic E-state index is 0.0728. The van der Waals surface area contributed by atoms with Crippen molar-refractivity contribution in [3.05, 3.63) is 39.1 Å². The number of rotatable bonds is 3. The molecule has 0 aliphatic carbocycles. The minimum Gasteiger partial charge on any atom is -0.506 e. The second-order valence-electron chi connectivity index (χ2n) is 4.87. The van der Waals surface area contributed by atoms with E-state index in [1.165, 1.54) is 6.07 Å². The fourth-order valence-electron chi connectivity index (χ4n) is 2.08. The van der Waals surface area contributed by atoms with Crippen LogP contribution in [-0.4, -0.2) is 32.1 Å². The number of carbonyl (C=O) groups is 2. The van der Waals surface area contributed by atoms with Gasteiger partial charge >= 0.3 is 5.97 Å². The number of halogens is 2. The van der Waals surface area contributed by atoms with E-state index in [0.717, 1.165) is 17.4 Å². The number of aromatic nitrogens is 2. The molecule has 24 heavy (non-hydrogen) atoms. The Labute approximate surface area is 148 Å². The zero-order valence-corrected chi connectivity index (χ0v) is 14.3. The van der Waals surface area contributed by atoms with Crippen molar-refractivity contribution in [3.8, 4) is 5.75 Å². The zero-order chi connectivity index (χ0) is 17.6. The van der Waals surface area contributed by atoms with Crippen molar-refractivity contribution in [1.82, 2.24) is 9.97 Å². The summed E-state index contributed by atoms with van der Waals surface area (Å²) >= 11 is 12.9. The number of nitrogens with one attached hydrogen (secondary N) is 2. The summed E-state index contributed by atoms with van der Waals surface area (Å²) in [5.41, 5.74) is 0.775. The number of nitrogens with zero attached hydrogens (tertiary/aromatic N) is 1. The molecule has 1 aromatic carbocycles. The van der Waals surface area contributed by atoms with E-state index in [1.807, 2.05) is 0 Å². The summed E-state index contributed by atoms with van der Waals surface area (Å²) in [6.07, 6.45) is 0. The highest BCUT2D eigenvalue weighted by molar-refractivity contribution is 7.22. The standard InChI is InChI=1S/C14H9Cl2N3O4S/c1-4-8(15)9(16)11(17-4)12(21)19-14-18-10-6(20)2-5(13(22)23)3-7(10)24-14/h2-3,17,20H,1H3,(H,22,23)(H,18,19,21). The Bertz CT molecular complexity index is 996. The average molecular weight is 386 g/mol. The van der Waals surface area contributed by atoms with E-state index in [9.17, 15) is 14.7 Å². The molecule has 0 radical (unpaired) electrons. The highest BCUT2D eigenvalue weighted by Crippen LogP contribution is 2.34. The number of anilines is 1. The molecule has 3 aromatic rings. The van der Waals surface area contributed by atoms with Gasteiger partial charge in [-0.15, -0.1) is 0 Å². The Morgan fingerprint density at radius 1 is 1.29 bits per heavy atom. The maximum absolute atomic E-state index is 12.3. The van der Waals surface area contributed by atoms with Crippen molar-refractivity contribution < 1.29 is 19.8 Å². The van der Waals surface area contributed by atoms with Crippen LogP contribution in [0, 0.1) is 6.92 Å². The third kappa shape index (κ3) is 2.79. The number of carboxylic acid groups (broad SMARTS) is 1. The van der Waals surface area contributed by atoms with E-state index >= 15 is 0 Å². The zero-order valence-electron chi connectivity index (χ0n) is 12.0. The Kier molecular flexibility index (Phi) is 4.12.